The Balaban J connectivity index is 1.68. The Morgan fingerprint density at radius 2 is 1.49 bits per heavy atom. The van der Waals surface area contributed by atoms with Crippen molar-refractivity contribution in [2.24, 2.45) is 5.41 Å². The lowest BCUT2D eigenvalue weighted by atomic mass is 9.60. The molecule has 0 bridgehead atoms. The molecule has 2 aliphatic heterocycles. The number of carbonyl (C=O) groups is 3. The van der Waals surface area contributed by atoms with Crippen LogP contribution in [-0.2, 0) is 21.7 Å². The summed E-state index contributed by atoms with van der Waals surface area (Å²) in [4.78, 5) is 46.3. The monoisotopic (exact) mass is 603 g/mol. The Morgan fingerprint density at radius 1 is 0.889 bits per heavy atom. The molecule has 1 fully saturated rings. The normalized spacial score (nSPS) is 24.3. The molecule has 4 atom stereocenters. The minimum absolute atomic E-state index is 0.182. The number of aliphatic hydroxyl groups is 1. The zero-order valence-electron chi connectivity index (χ0n) is 25.8. The van der Waals surface area contributed by atoms with Crippen LogP contribution in [0.3, 0.4) is 0 Å². The lowest BCUT2D eigenvalue weighted by molar-refractivity contribution is -0.156. The summed E-state index contributed by atoms with van der Waals surface area (Å²) in [5.74, 6) is -1.65. The Hall–Kier alpha value is -4.79. The number of anilines is 1. The van der Waals surface area contributed by atoms with Crippen LogP contribution >= 0.6 is 0 Å². The van der Waals surface area contributed by atoms with Crippen molar-refractivity contribution >= 4 is 23.3 Å². The van der Waals surface area contributed by atoms with E-state index < -0.39 is 46.4 Å². The van der Waals surface area contributed by atoms with Crippen LogP contribution < -0.4 is 20.3 Å². The molecular weight excluding hydrogens is 566 g/mol. The molecule has 2 heterocycles. The van der Waals surface area contributed by atoms with Gasteiger partial charge in [-0.25, -0.2) is 0 Å². The number of Topliss-reactive ketones (excluding diaryl/α,β-unsaturated/α-hetero) is 1. The number of hydrogen-bond donors (Lipinski definition) is 3. The molecule has 3 N–H and O–H groups in total. The van der Waals surface area contributed by atoms with Crippen LogP contribution in [0, 0.1) is 12.3 Å². The highest BCUT2D eigenvalue weighted by Crippen LogP contribution is 2.59. The summed E-state index contributed by atoms with van der Waals surface area (Å²) < 4.78 is 6.63. The summed E-state index contributed by atoms with van der Waals surface area (Å²) in [5, 5.41) is 19.5. The largest absolute Gasteiger partial charge is 0.473 e. The number of amides is 2. The number of para-hydroxylation sites is 1. The molecular formula is C37H37N3O5. The van der Waals surface area contributed by atoms with Gasteiger partial charge in [-0.15, -0.1) is 0 Å². The number of nitrogens with zero attached hydrogens (tertiary/aromatic N) is 1. The highest BCUT2D eigenvalue weighted by molar-refractivity contribution is 6.20. The molecule has 1 saturated heterocycles. The lowest BCUT2D eigenvalue weighted by Gasteiger charge is -2.49. The van der Waals surface area contributed by atoms with Crippen molar-refractivity contribution in [3.05, 3.63) is 131 Å². The van der Waals surface area contributed by atoms with Gasteiger partial charge in [0.15, 0.2) is 23.0 Å². The predicted molar refractivity (Wildman–Crippen MR) is 172 cm³/mol. The van der Waals surface area contributed by atoms with E-state index in [-0.39, 0.29) is 17.7 Å². The van der Waals surface area contributed by atoms with Crippen molar-refractivity contribution in [3.63, 3.8) is 0 Å². The van der Waals surface area contributed by atoms with Crippen molar-refractivity contribution < 1.29 is 24.2 Å². The van der Waals surface area contributed by atoms with Crippen LogP contribution in [0.25, 0.3) is 0 Å². The highest BCUT2D eigenvalue weighted by Gasteiger charge is 2.79. The Kier molecular flexibility index (Phi) is 7.59. The molecule has 230 valence electrons. The van der Waals surface area contributed by atoms with E-state index in [1.165, 1.54) is 4.90 Å². The van der Waals surface area contributed by atoms with Gasteiger partial charge in [0.25, 0.3) is 5.91 Å². The van der Waals surface area contributed by atoms with Gasteiger partial charge in [-0.3, -0.25) is 24.6 Å². The first-order valence-electron chi connectivity index (χ1n) is 15.1. The lowest BCUT2D eigenvalue weighted by Crippen LogP contribution is -2.71. The Labute approximate surface area is 263 Å². The van der Waals surface area contributed by atoms with Crippen LogP contribution in [0.4, 0.5) is 5.69 Å². The van der Waals surface area contributed by atoms with Crippen molar-refractivity contribution in [2.45, 2.75) is 57.6 Å². The second kappa shape index (κ2) is 11.3. The molecule has 0 saturated carbocycles. The Morgan fingerprint density at radius 3 is 2.11 bits per heavy atom. The molecule has 0 aromatic heterocycles. The summed E-state index contributed by atoms with van der Waals surface area (Å²) in [5.41, 5.74) is -2.99. The first-order valence-corrected chi connectivity index (χ1v) is 15.1. The quantitative estimate of drug-likeness (QED) is 0.290. The SMILES string of the molecule is Cc1ccc2c(c1)C(=O)[C@]1([C@@H](NCc3ccccc3)O2)[C@@H](C(=O)NC(C)(C)C)N(c2ccccc2)C(=O)[C@]1(O)c1ccccc1. The third kappa shape index (κ3) is 4.90. The first-order chi connectivity index (χ1) is 21.5. The van der Waals surface area contributed by atoms with Gasteiger partial charge >= 0.3 is 0 Å². The number of benzene rings is 4. The molecule has 0 aliphatic carbocycles. The standard InChI is InChI=1S/C37H37N3O5/c1-24-20-21-29-28(22-24)31(41)36(33(45-29)38-23-25-14-8-5-9-15-25)30(32(42)39-35(2,3)4)40(27-18-12-7-13-19-27)34(43)37(36,44)26-16-10-6-11-17-26/h5-22,30,33,38,44H,23H2,1-4H3,(H,39,42)/t30-,33+,36+,37-/m1/s1. The number of aryl methyl sites for hydroxylation is 1. The third-order valence-corrected chi connectivity index (χ3v) is 8.54. The number of ketones is 1. The number of carbonyl (C=O) groups excluding carboxylic acids is 3. The van der Waals surface area contributed by atoms with E-state index in [1.54, 1.807) is 72.8 Å². The van der Waals surface area contributed by atoms with Gasteiger partial charge in [0.05, 0.1) is 5.56 Å². The summed E-state index contributed by atoms with van der Waals surface area (Å²) >= 11 is 0. The van der Waals surface area contributed by atoms with E-state index in [4.69, 9.17) is 4.74 Å². The van der Waals surface area contributed by atoms with E-state index in [9.17, 15) is 14.7 Å². The van der Waals surface area contributed by atoms with Gasteiger partial charge in [0.1, 0.15) is 11.8 Å². The van der Waals surface area contributed by atoms with Gasteiger partial charge in [-0.1, -0.05) is 90.5 Å². The maximum atomic E-state index is 15.4. The molecule has 8 heteroatoms. The maximum absolute atomic E-state index is 15.4. The molecule has 4 aromatic carbocycles. The zero-order valence-corrected chi connectivity index (χ0v) is 25.8. The van der Waals surface area contributed by atoms with E-state index in [1.807, 2.05) is 64.1 Å². The van der Waals surface area contributed by atoms with Crippen LogP contribution in [0.15, 0.2) is 109 Å². The van der Waals surface area contributed by atoms with E-state index in [0.717, 1.165) is 11.1 Å². The van der Waals surface area contributed by atoms with Crippen molar-refractivity contribution in [2.75, 3.05) is 4.90 Å². The molecule has 2 aliphatic rings. The summed E-state index contributed by atoms with van der Waals surface area (Å²) in [6.45, 7) is 7.57. The van der Waals surface area contributed by atoms with Crippen LogP contribution in [-0.4, -0.2) is 40.5 Å². The summed E-state index contributed by atoms with van der Waals surface area (Å²) in [6, 6.07) is 30.3. The number of rotatable bonds is 6. The van der Waals surface area contributed by atoms with Crippen LogP contribution in [0.1, 0.15) is 47.8 Å². The maximum Gasteiger partial charge on any atom is 0.265 e. The molecule has 6 rings (SSSR count). The van der Waals surface area contributed by atoms with Crippen molar-refractivity contribution in [3.8, 4) is 5.75 Å². The van der Waals surface area contributed by atoms with Gasteiger partial charge in [-0.2, -0.15) is 0 Å². The first kappa shape index (κ1) is 30.2. The van der Waals surface area contributed by atoms with Crippen molar-refractivity contribution in [1.29, 1.82) is 0 Å². The summed E-state index contributed by atoms with van der Waals surface area (Å²) in [7, 11) is 0. The van der Waals surface area contributed by atoms with Crippen LogP contribution in [0.2, 0.25) is 0 Å². The second-order valence-corrected chi connectivity index (χ2v) is 12.8. The zero-order chi connectivity index (χ0) is 32.0. The smallest absolute Gasteiger partial charge is 0.265 e. The van der Waals surface area contributed by atoms with E-state index in [2.05, 4.69) is 10.6 Å². The number of fused-ring (bicyclic) bond motifs is 1. The van der Waals surface area contributed by atoms with Gasteiger partial charge in [0.2, 0.25) is 5.91 Å². The van der Waals surface area contributed by atoms with Gasteiger partial charge in [0, 0.05) is 17.8 Å². The predicted octanol–water partition coefficient (Wildman–Crippen LogP) is 4.89. The Bertz CT molecular complexity index is 1740. The molecule has 8 nitrogen and oxygen atoms in total. The number of hydrogen-bond acceptors (Lipinski definition) is 6. The fourth-order valence-electron chi connectivity index (χ4n) is 6.65. The molecule has 4 aromatic rings. The minimum atomic E-state index is -2.52. The summed E-state index contributed by atoms with van der Waals surface area (Å²) in [6.07, 6.45) is -1.31. The average molecular weight is 604 g/mol. The highest BCUT2D eigenvalue weighted by atomic mass is 16.5. The van der Waals surface area contributed by atoms with Gasteiger partial charge in [-0.05, 0) is 63.1 Å². The van der Waals surface area contributed by atoms with Gasteiger partial charge < -0.3 is 15.2 Å². The van der Waals surface area contributed by atoms with Crippen LogP contribution in [0.5, 0.6) is 5.75 Å². The molecule has 0 radical (unpaired) electrons. The topological polar surface area (TPSA) is 108 Å². The molecule has 45 heavy (non-hydrogen) atoms. The minimum Gasteiger partial charge on any atom is -0.473 e. The van der Waals surface area contributed by atoms with Crippen molar-refractivity contribution in [1.82, 2.24) is 10.6 Å². The van der Waals surface area contributed by atoms with E-state index >= 15 is 4.79 Å². The second-order valence-electron chi connectivity index (χ2n) is 12.8. The fraction of sp³-hybridized carbons (Fsp3) is 0.270. The molecule has 2 amide bonds. The molecule has 1 spiro atoms. The third-order valence-electron chi connectivity index (χ3n) is 8.54. The number of nitrogens with one attached hydrogen (secondary N) is 2. The van der Waals surface area contributed by atoms with E-state index in [0.29, 0.717) is 11.4 Å². The molecule has 0 unspecified atom stereocenters. The fourth-order valence-corrected chi connectivity index (χ4v) is 6.65. The number of ether oxygens (including phenoxy) is 1. The average Bonchev–Trinajstić information content (AvgIpc) is 3.24.